The van der Waals surface area contributed by atoms with Gasteiger partial charge in [-0.15, -0.1) is 0 Å². The molecule has 0 heterocycles. The molecular formula is C23H50N+. The van der Waals surface area contributed by atoms with E-state index < -0.39 is 0 Å². The average molecular weight is 341 g/mol. The maximum atomic E-state index is 2.41. The van der Waals surface area contributed by atoms with Gasteiger partial charge < -0.3 is 4.48 Å². The van der Waals surface area contributed by atoms with Crippen LogP contribution in [0.5, 0.6) is 0 Å². The molecule has 0 radical (unpaired) electrons. The standard InChI is InChI=1S/C23H50N/c1-7-8-9-10-11-12-13-14-15-16-17-18-19-20-21-22-23(2,3)24(4,5)6/h7-22H2,1-6H3/q+1. The lowest BCUT2D eigenvalue weighted by atomic mass is 9.93. The highest BCUT2D eigenvalue weighted by molar-refractivity contribution is 4.68. The highest BCUT2D eigenvalue weighted by Crippen LogP contribution is 2.24. The topological polar surface area (TPSA) is 0 Å². The Morgan fingerprint density at radius 2 is 0.792 bits per heavy atom. The van der Waals surface area contributed by atoms with Crippen LogP contribution in [0.3, 0.4) is 0 Å². The van der Waals surface area contributed by atoms with E-state index in [9.17, 15) is 0 Å². The van der Waals surface area contributed by atoms with E-state index in [-0.39, 0.29) is 0 Å². The summed E-state index contributed by atoms with van der Waals surface area (Å²) in [5, 5.41) is 0. The molecule has 0 saturated heterocycles. The molecule has 0 spiro atoms. The molecule has 0 aromatic rings. The van der Waals surface area contributed by atoms with Gasteiger partial charge >= 0.3 is 0 Å². The van der Waals surface area contributed by atoms with Gasteiger partial charge in [0.1, 0.15) is 0 Å². The molecule has 0 N–H and O–H groups in total. The molecule has 0 unspecified atom stereocenters. The van der Waals surface area contributed by atoms with E-state index in [1.165, 1.54) is 103 Å². The number of rotatable bonds is 17. The minimum absolute atomic E-state index is 0.413. The maximum Gasteiger partial charge on any atom is 0.0929 e. The van der Waals surface area contributed by atoms with Crippen molar-refractivity contribution in [2.24, 2.45) is 0 Å². The van der Waals surface area contributed by atoms with Gasteiger partial charge in [0.25, 0.3) is 0 Å². The van der Waals surface area contributed by atoms with Crippen molar-refractivity contribution in [3.63, 3.8) is 0 Å². The quantitative estimate of drug-likeness (QED) is 0.188. The average Bonchev–Trinajstić information content (AvgIpc) is 2.50. The van der Waals surface area contributed by atoms with E-state index in [1.807, 2.05) is 0 Å². The number of unbranched alkanes of at least 4 members (excludes halogenated alkanes) is 14. The lowest BCUT2D eigenvalue weighted by molar-refractivity contribution is -0.920. The van der Waals surface area contributed by atoms with E-state index in [2.05, 4.69) is 41.9 Å². The van der Waals surface area contributed by atoms with Crippen LogP contribution in [0.15, 0.2) is 0 Å². The Hall–Kier alpha value is -0.0400. The van der Waals surface area contributed by atoms with E-state index in [0.717, 1.165) is 4.48 Å². The molecule has 146 valence electrons. The van der Waals surface area contributed by atoms with Gasteiger partial charge in [-0.1, -0.05) is 96.8 Å². The normalized spacial score (nSPS) is 12.8. The number of nitrogens with zero attached hydrogens (tertiary/aromatic N) is 1. The molecule has 0 aliphatic heterocycles. The largest absolute Gasteiger partial charge is 0.327 e. The van der Waals surface area contributed by atoms with Crippen LogP contribution in [0, 0.1) is 0 Å². The maximum absolute atomic E-state index is 2.41. The molecule has 0 aliphatic carbocycles. The van der Waals surface area contributed by atoms with Crippen molar-refractivity contribution in [3.05, 3.63) is 0 Å². The van der Waals surface area contributed by atoms with Gasteiger partial charge in [-0.2, -0.15) is 0 Å². The fourth-order valence-electron chi connectivity index (χ4n) is 3.26. The summed E-state index contributed by atoms with van der Waals surface area (Å²) in [4.78, 5) is 0. The Kier molecular flexibility index (Phi) is 14.1. The smallest absolute Gasteiger partial charge is 0.0929 e. The Morgan fingerprint density at radius 1 is 0.500 bits per heavy atom. The Morgan fingerprint density at radius 3 is 1.08 bits per heavy atom. The predicted octanol–water partition coefficient (Wildman–Crippen LogP) is 7.73. The fourth-order valence-corrected chi connectivity index (χ4v) is 3.26. The number of quaternary nitrogens is 1. The summed E-state index contributed by atoms with van der Waals surface area (Å²) >= 11 is 0. The van der Waals surface area contributed by atoms with Crippen LogP contribution in [-0.2, 0) is 0 Å². The zero-order chi connectivity index (χ0) is 18.3. The summed E-state index contributed by atoms with van der Waals surface area (Å²) in [6, 6.07) is 0. The van der Waals surface area contributed by atoms with Crippen LogP contribution in [0.2, 0.25) is 0 Å². The van der Waals surface area contributed by atoms with Gasteiger partial charge in [0.2, 0.25) is 0 Å². The summed E-state index contributed by atoms with van der Waals surface area (Å²) in [6.45, 7) is 7.12. The summed E-state index contributed by atoms with van der Waals surface area (Å²) < 4.78 is 1.08. The molecule has 0 fully saturated rings. The molecule has 1 nitrogen and oxygen atoms in total. The van der Waals surface area contributed by atoms with Crippen LogP contribution in [0.4, 0.5) is 0 Å². The lowest BCUT2D eigenvalue weighted by Crippen LogP contribution is -2.52. The second-order valence-corrected chi connectivity index (χ2v) is 9.52. The van der Waals surface area contributed by atoms with E-state index in [0.29, 0.717) is 5.54 Å². The highest BCUT2D eigenvalue weighted by Gasteiger charge is 2.31. The second kappa shape index (κ2) is 14.2. The van der Waals surface area contributed by atoms with Gasteiger partial charge in [0.05, 0.1) is 26.7 Å². The summed E-state index contributed by atoms with van der Waals surface area (Å²) in [5.41, 5.74) is 0.413. The number of hydrogen-bond acceptors (Lipinski definition) is 0. The van der Waals surface area contributed by atoms with E-state index in [1.54, 1.807) is 0 Å². The summed E-state index contributed by atoms with van der Waals surface area (Å²) in [5.74, 6) is 0. The van der Waals surface area contributed by atoms with Crippen LogP contribution >= 0.6 is 0 Å². The molecule has 0 aliphatic rings. The van der Waals surface area contributed by atoms with Crippen molar-refractivity contribution in [3.8, 4) is 0 Å². The molecule has 0 bridgehead atoms. The van der Waals surface area contributed by atoms with Gasteiger partial charge in [0, 0.05) is 6.42 Å². The Balaban J connectivity index is 3.24. The summed E-state index contributed by atoms with van der Waals surface area (Å²) in [6.07, 6.45) is 23.2. The first-order valence-electron chi connectivity index (χ1n) is 11.1. The minimum atomic E-state index is 0.413. The molecule has 0 amide bonds. The lowest BCUT2D eigenvalue weighted by Gasteiger charge is -2.41. The van der Waals surface area contributed by atoms with Crippen LogP contribution in [-0.4, -0.2) is 31.2 Å². The van der Waals surface area contributed by atoms with Crippen molar-refractivity contribution in [1.82, 2.24) is 0 Å². The van der Waals surface area contributed by atoms with Gasteiger partial charge in [-0.05, 0) is 20.3 Å². The first-order chi connectivity index (χ1) is 11.3. The van der Waals surface area contributed by atoms with E-state index in [4.69, 9.17) is 0 Å². The number of hydrogen-bond donors (Lipinski definition) is 0. The van der Waals surface area contributed by atoms with Crippen molar-refractivity contribution in [2.75, 3.05) is 21.1 Å². The van der Waals surface area contributed by atoms with Crippen LogP contribution in [0.25, 0.3) is 0 Å². The second-order valence-electron chi connectivity index (χ2n) is 9.52. The van der Waals surface area contributed by atoms with Gasteiger partial charge in [-0.3, -0.25) is 0 Å². The predicted molar refractivity (Wildman–Crippen MR) is 112 cm³/mol. The first kappa shape index (κ1) is 24.0. The van der Waals surface area contributed by atoms with Gasteiger partial charge in [-0.25, -0.2) is 0 Å². The third-order valence-corrected chi connectivity index (χ3v) is 6.21. The Bertz CT molecular complexity index is 262. The molecule has 0 saturated carbocycles. The molecule has 0 aromatic carbocycles. The zero-order valence-electron chi connectivity index (χ0n) is 18.3. The summed E-state index contributed by atoms with van der Waals surface area (Å²) in [7, 11) is 6.97. The van der Waals surface area contributed by atoms with Crippen molar-refractivity contribution >= 4 is 0 Å². The SMILES string of the molecule is CCCCCCCCCCCCCCCCCC(C)(C)[N+](C)(C)C. The highest BCUT2D eigenvalue weighted by atomic mass is 15.3. The molecule has 0 rings (SSSR count). The van der Waals surface area contributed by atoms with Crippen LogP contribution < -0.4 is 0 Å². The monoisotopic (exact) mass is 340 g/mol. The molecular weight excluding hydrogens is 290 g/mol. The fraction of sp³-hybridized carbons (Fsp3) is 1.00. The minimum Gasteiger partial charge on any atom is -0.327 e. The van der Waals surface area contributed by atoms with Gasteiger partial charge in [0.15, 0.2) is 0 Å². The van der Waals surface area contributed by atoms with Crippen molar-refractivity contribution < 1.29 is 4.48 Å². The molecule has 0 atom stereocenters. The Labute approximate surface area is 155 Å². The first-order valence-corrected chi connectivity index (χ1v) is 11.1. The van der Waals surface area contributed by atoms with Crippen molar-refractivity contribution in [1.29, 1.82) is 0 Å². The molecule has 0 aromatic heterocycles. The van der Waals surface area contributed by atoms with E-state index >= 15 is 0 Å². The third kappa shape index (κ3) is 13.3. The van der Waals surface area contributed by atoms with Crippen molar-refractivity contribution in [2.45, 2.75) is 129 Å². The molecule has 1 heteroatoms. The van der Waals surface area contributed by atoms with Crippen LogP contribution in [0.1, 0.15) is 124 Å². The third-order valence-electron chi connectivity index (χ3n) is 6.21. The zero-order valence-corrected chi connectivity index (χ0v) is 18.3. The molecule has 24 heavy (non-hydrogen) atoms.